The van der Waals surface area contributed by atoms with E-state index in [1.54, 1.807) is 7.11 Å². The standard InChI is InChI=1S/C18H22O4/c1-20-14-4-5-15-13(11-14)3-6-16-17(15,12-19)7-2-8-18(16)21-9-10-22-18/h4-5,11-12,16H,2-3,6-10H2,1H3/t16-,17-/m0/s1. The van der Waals surface area contributed by atoms with Crippen molar-refractivity contribution in [3.05, 3.63) is 29.3 Å². The first kappa shape index (κ1) is 14.2. The smallest absolute Gasteiger partial charge is 0.172 e. The van der Waals surface area contributed by atoms with Gasteiger partial charge in [-0.2, -0.15) is 0 Å². The molecule has 1 saturated carbocycles. The molecule has 0 bridgehead atoms. The largest absolute Gasteiger partial charge is 0.497 e. The Morgan fingerprint density at radius 2 is 2.09 bits per heavy atom. The molecular weight excluding hydrogens is 280 g/mol. The van der Waals surface area contributed by atoms with Gasteiger partial charge in [0, 0.05) is 12.3 Å². The van der Waals surface area contributed by atoms with Crippen LogP contribution in [0.1, 0.15) is 36.8 Å². The van der Waals surface area contributed by atoms with E-state index in [2.05, 4.69) is 12.1 Å². The van der Waals surface area contributed by atoms with Gasteiger partial charge in [-0.25, -0.2) is 0 Å². The molecule has 4 nitrogen and oxygen atoms in total. The van der Waals surface area contributed by atoms with Crippen LogP contribution in [-0.4, -0.2) is 32.4 Å². The number of aryl methyl sites for hydroxylation is 1. The van der Waals surface area contributed by atoms with Crippen molar-refractivity contribution >= 4 is 6.29 Å². The number of hydrogen-bond acceptors (Lipinski definition) is 4. The molecule has 2 fully saturated rings. The van der Waals surface area contributed by atoms with Crippen LogP contribution in [0.3, 0.4) is 0 Å². The summed E-state index contributed by atoms with van der Waals surface area (Å²) in [6.45, 7) is 1.28. The number of ether oxygens (including phenoxy) is 3. The first-order chi connectivity index (χ1) is 10.7. The minimum Gasteiger partial charge on any atom is -0.497 e. The summed E-state index contributed by atoms with van der Waals surface area (Å²) < 4.78 is 17.4. The predicted octanol–water partition coefficient (Wildman–Crippen LogP) is 2.62. The molecule has 2 atom stereocenters. The van der Waals surface area contributed by atoms with Gasteiger partial charge < -0.3 is 19.0 Å². The second-order valence-electron chi connectivity index (χ2n) is 6.63. The van der Waals surface area contributed by atoms with Crippen molar-refractivity contribution in [2.24, 2.45) is 5.92 Å². The SMILES string of the molecule is COc1ccc2c(c1)CC[C@@H]1C3(CCC[C@]21C=O)OCCO3. The average Bonchev–Trinajstić information content (AvgIpc) is 3.03. The van der Waals surface area contributed by atoms with Crippen molar-refractivity contribution in [3.8, 4) is 5.75 Å². The van der Waals surface area contributed by atoms with Gasteiger partial charge in [0.15, 0.2) is 5.79 Å². The molecule has 0 N–H and O–H groups in total. The third-order valence-electron chi connectivity index (χ3n) is 5.77. The van der Waals surface area contributed by atoms with Crippen LogP contribution in [0.2, 0.25) is 0 Å². The van der Waals surface area contributed by atoms with E-state index in [1.165, 1.54) is 5.56 Å². The van der Waals surface area contributed by atoms with Gasteiger partial charge in [-0.05, 0) is 48.9 Å². The Hall–Kier alpha value is -1.39. The molecule has 3 aliphatic rings. The Kier molecular flexibility index (Phi) is 3.27. The quantitative estimate of drug-likeness (QED) is 0.788. The van der Waals surface area contributed by atoms with Crippen LogP contribution in [0.5, 0.6) is 5.75 Å². The molecule has 0 radical (unpaired) electrons. The molecule has 0 aromatic heterocycles. The van der Waals surface area contributed by atoms with Gasteiger partial charge in [-0.3, -0.25) is 0 Å². The molecule has 1 heterocycles. The number of fused-ring (bicyclic) bond motifs is 4. The second kappa shape index (κ2) is 5.07. The molecule has 2 aliphatic carbocycles. The van der Waals surface area contributed by atoms with Crippen molar-refractivity contribution < 1.29 is 19.0 Å². The summed E-state index contributed by atoms with van der Waals surface area (Å²) in [5.74, 6) is 0.434. The normalized spacial score (nSPS) is 32.3. The van der Waals surface area contributed by atoms with Crippen LogP contribution in [-0.2, 0) is 26.1 Å². The van der Waals surface area contributed by atoms with Gasteiger partial charge in [-0.15, -0.1) is 0 Å². The van der Waals surface area contributed by atoms with Crippen LogP contribution in [0.4, 0.5) is 0 Å². The number of benzene rings is 1. The molecule has 4 heteroatoms. The maximum Gasteiger partial charge on any atom is 0.172 e. The lowest BCUT2D eigenvalue weighted by atomic mass is 9.55. The van der Waals surface area contributed by atoms with E-state index >= 15 is 0 Å². The fourth-order valence-electron chi connectivity index (χ4n) is 4.85. The molecule has 1 aromatic rings. The van der Waals surface area contributed by atoms with Crippen LogP contribution < -0.4 is 4.74 Å². The van der Waals surface area contributed by atoms with Gasteiger partial charge >= 0.3 is 0 Å². The summed E-state index contributed by atoms with van der Waals surface area (Å²) >= 11 is 0. The summed E-state index contributed by atoms with van der Waals surface area (Å²) in [6, 6.07) is 6.11. The molecule has 0 unspecified atom stereocenters. The second-order valence-corrected chi connectivity index (χ2v) is 6.63. The summed E-state index contributed by atoms with van der Waals surface area (Å²) in [4.78, 5) is 12.2. The van der Waals surface area contributed by atoms with Crippen molar-refractivity contribution in [1.82, 2.24) is 0 Å². The van der Waals surface area contributed by atoms with E-state index in [0.717, 1.165) is 49.7 Å². The number of carbonyl (C=O) groups excluding carboxylic acids is 1. The minimum atomic E-state index is -0.545. The highest BCUT2D eigenvalue weighted by atomic mass is 16.7. The van der Waals surface area contributed by atoms with Crippen molar-refractivity contribution in [2.45, 2.75) is 43.3 Å². The average molecular weight is 302 g/mol. The zero-order valence-corrected chi connectivity index (χ0v) is 13.0. The maximum atomic E-state index is 12.2. The fraction of sp³-hybridized carbons (Fsp3) is 0.611. The maximum absolute atomic E-state index is 12.2. The highest BCUT2D eigenvalue weighted by Crippen LogP contribution is 2.55. The third kappa shape index (κ3) is 1.80. The molecule has 22 heavy (non-hydrogen) atoms. The number of carbonyl (C=O) groups is 1. The lowest BCUT2D eigenvalue weighted by Crippen LogP contribution is -2.57. The van der Waals surface area contributed by atoms with E-state index in [9.17, 15) is 4.79 Å². The Morgan fingerprint density at radius 1 is 1.27 bits per heavy atom. The third-order valence-corrected chi connectivity index (χ3v) is 5.77. The number of methoxy groups -OCH3 is 1. The fourth-order valence-corrected chi connectivity index (χ4v) is 4.85. The zero-order valence-electron chi connectivity index (χ0n) is 13.0. The Balaban J connectivity index is 1.83. The van der Waals surface area contributed by atoms with Crippen LogP contribution in [0.25, 0.3) is 0 Å². The number of hydrogen-bond donors (Lipinski definition) is 0. The van der Waals surface area contributed by atoms with Crippen LogP contribution in [0.15, 0.2) is 18.2 Å². The molecule has 1 aromatic carbocycles. The summed E-state index contributed by atoms with van der Waals surface area (Å²) in [5, 5.41) is 0. The minimum absolute atomic E-state index is 0.120. The summed E-state index contributed by atoms with van der Waals surface area (Å²) in [7, 11) is 1.68. The Bertz CT molecular complexity index is 591. The summed E-state index contributed by atoms with van der Waals surface area (Å²) in [5.41, 5.74) is 1.91. The first-order valence-electron chi connectivity index (χ1n) is 8.16. The van der Waals surface area contributed by atoms with Crippen LogP contribution in [0, 0.1) is 5.92 Å². The van der Waals surface area contributed by atoms with E-state index in [1.807, 2.05) is 6.07 Å². The highest BCUT2D eigenvalue weighted by molar-refractivity contribution is 5.72. The van der Waals surface area contributed by atoms with E-state index in [-0.39, 0.29) is 5.92 Å². The Morgan fingerprint density at radius 3 is 2.82 bits per heavy atom. The first-order valence-corrected chi connectivity index (χ1v) is 8.16. The van der Waals surface area contributed by atoms with E-state index < -0.39 is 11.2 Å². The lowest BCUT2D eigenvalue weighted by molar-refractivity contribution is -0.231. The van der Waals surface area contributed by atoms with E-state index in [4.69, 9.17) is 14.2 Å². The highest BCUT2D eigenvalue weighted by Gasteiger charge is 2.59. The number of rotatable bonds is 2. The van der Waals surface area contributed by atoms with E-state index in [0.29, 0.717) is 13.2 Å². The van der Waals surface area contributed by atoms with Crippen molar-refractivity contribution in [3.63, 3.8) is 0 Å². The van der Waals surface area contributed by atoms with Gasteiger partial charge in [0.2, 0.25) is 0 Å². The van der Waals surface area contributed by atoms with Crippen molar-refractivity contribution in [1.29, 1.82) is 0 Å². The topological polar surface area (TPSA) is 44.8 Å². The summed E-state index contributed by atoms with van der Waals surface area (Å²) in [6.07, 6.45) is 5.78. The molecule has 118 valence electrons. The predicted molar refractivity (Wildman–Crippen MR) is 81.0 cm³/mol. The molecule has 0 amide bonds. The molecular formula is C18H22O4. The molecule has 1 aliphatic heterocycles. The molecule has 1 spiro atoms. The van der Waals surface area contributed by atoms with Gasteiger partial charge in [-0.1, -0.05) is 6.07 Å². The monoisotopic (exact) mass is 302 g/mol. The van der Waals surface area contributed by atoms with Gasteiger partial charge in [0.05, 0.1) is 25.7 Å². The number of aldehydes is 1. The Labute approximate surface area is 130 Å². The molecule has 1 saturated heterocycles. The van der Waals surface area contributed by atoms with Gasteiger partial charge in [0.1, 0.15) is 12.0 Å². The van der Waals surface area contributed by atoms with Crippen molar-refractivity contribution in [2.75, 3.05) is 20.3 Å². The zero-order chi connectivity index (χ0) is 15.2. The van der Waals surface area contributed by atoms with Gasteiger partial charge in [0.25, 0.3) is 0 Å². The lowest BCUT2D eigenvalue weighted by Gasteiger charge is -2.52. The van der Waals surface area contributed by atoms with Crippen LogP contribution >= 0.6 is 0 Å². The molecule has 4 rings (SSSR count).